The molecule has 5 nitrogen and oxygen atoms in total. The molecule has 126 valence electrons. The number of hydrogen-bond acceptors (Lipinski definition) is 3. The Balaban J connectivity index is 1.80. The molecule has 23 heavy (non-hydrogen) atoms. The summed E-state index contributed by atoms with van der Waals surface area (Å²) in [5.41, 5.74) is 0.902. The number of ether oxygens (including phenoxy) is 1. The average Bonchev–Trinajstić information content (AvgIpc) is 2.86. The molecule has 1 aliphatic rings. The Hall–Kier alpha value is -2.04. The van der Waals surface area contributed by atoms with Gasteiger partial charge in [0.05, 0.1) is 13.2 Å². The van der Waals surface area contributed by atoms with Crippen molar-refractivity contribution in [2.45, 2.75) is 51.6 Å². The molecule has 1 fully saturated rings. The number of benzene rings is 1. The van der Waals surface area contributed by atoms with E-state index < -0.39 is 0 Å². The van der Waals surface area contributed by atoms with Crippen LogP contribution in [0.25, 0.3) is 0 Å². The number of nitrogens with zero attached hydrogens (tertiary/aromatic N) is 1. The molecule has 1 N–H and O–H groups in total. The van der Waals surface area contributed by atoms with Crippen LogP contribution in [0.2, 0.25) is 0 Å². The van der Waals surface area contributed by atoms with Crippen molar-refractivity contribution in [2.24, 2.45) is 0 Å². The highest BCUT2D eigenvalue weighted by Gasteiger charge is 2.36. The van der Waals surface area contributed by atoms with Crippen LogP contribution in [0.15, 0.2) is 24.3 Å². The second-order valence-corrected chi connectivity index (χ2v) is 6.99. The highest BCUT2D eigenvalue weighted by atomic mass is 16.5. The predicted molar refractivity (Wildman–Crippen MR) is 89.3 cm³/mol. The molecule has 0 aliphatic carbocycles. The van der Waals surface area contributed by atoms with Crippen molar-refractivity contribution in [3.63, 3.8) is 0 Å². The van der Waals surface area contributed by atoms with Crippen molar-refractivity contribution < 1.29 is 14.3 Å². The predicted octanol–water partition coefficient (Wildman–Crippen LogP) is 2.14. The Kier molecular flexibility index (Phi) is 5.29. The summed E-state index contributed by atoms with van der Waals surface area (Å²) in [6.07, 6.45) is 1.50. The first-order valence-corrected chi connectivity index (χ1v) is 8.02. The Bertz CT molecular complexity index is 561. The highest BCUT2D eigenvalue weighted by Crippen LogP contribution is 2.22. The number of carbonyl (C=O) groups is 2. The third-order valence-electron chi connectivity index (χ3n) is 4.10. The minimum absolute atomic E-state index is 0.00521. The summed E-state index contributed by atoms with van der Waals surface area (Å²) in [7, 11) is 1.63. The van der Waals surface area contributed by atoms with Crippen molar-refractivity contribution in [2.75, 3.05) is 13.7 Å². The maximum Gasteiger partial charge on any atom is 0.225 e. The average molecular weight is 318 g/mol. The lowest BCUT2D eigenvalue weighted by Gasteiger charge is -2.32. The fraction of sp³-hybridized carbons (Fsp3) is 0.556. The lowest BCUT2D eigenvalue weighted by molar-refractivity contribution is -0.131. The van der Waals surface area contributed by atoms with E-state index in [2.05, 4.69) is 5.32 Å². The standard InChI is InChI=1S/C18H26N2O3/c1-18(2,3)20-12-14(11-17(20)22)19-16(21)10-7-13-5-8-15(23-4)9-6-13/h5-6,8-9,14H,7,10-12H2,1-4H3,(H,19,21). The van der Waals surface area contributed by atoms with E-state index in [4.69, 9.17) is 4.74 Å². The molecule has 2 rings (SSSR count). The van der Waals surface area contributed by atoms with Crippen molar-refractivity contribution in [3.8, 4) is 5.75 Å². The number of amides is 2. The maximum atomic E-state index is 12.1. The van der Waals surface area contributed by atoms with E-state index in [0.717, 1.165) is 11.3 Å². The monoisotopic (exact) mass is 318 g/mol. The van der Waals surface area contributed by atoms with Crippen LogP contribution in [0.3, 0.4) is 0 Å². The molecule has 1 heterocycles. The zero-order chi connectivity index (χ0) is 17.0. The fourth-order valence-corrected chi connectivity index (χ4v) is 2.80. The number of rotatable bonds is 5. The molecular formula is C18H26N2O3. The van der Waals surface area contributed by atoms with E-state index in [1.807, 2.05) is 49.9 Å². The van der Waals surface area contributed by atoms with Crippen molar-refractivity contribution in [1.82, 2.24) is 10.2 Å². The van der Waals surface area contributed by atoms with Gasteiger partial charge < -0.3 is 15.0 Å². The number of likely N-dealkylation sites (tertiary alicyclic amines) is 1. The van der Waals surface area contributed by atoms with Crippen LogP contribution >= 0.6 is 0 Å². The van der Waals surface area contributed by atoms with E-state index in [9.17, 15) is 9.59 Å². The summed E-state index contributed by atoms with van der Waals surface area (Å²) in [6.45, 7) is 6.63. The van der Waals surface area contributed by atoms with Gasteiger partial charge in [0.25, 0.3) is 0 Å². The molecule has 2 amide bonds. The first-order chi connectivity index (χ1) is 10.8. The van der Waals surface area contributed by atoms with Gasteiger partial charge in [0.2, 0.25) is 11.8 Å². The molecule has 0 radical (unpaired) electrons. The maximum absolute atomic E-state index is 12.1. The molecule has 0 aromatic heterocycles. The van der Waals surface area contributed by atoms with Gasteiger partial charge in [-0.15, -0.1) is 0 Å². The number of nitrogens with one attached hydrogen (secondary N) is 1. The highest BCUT2D eigenvalue weighted by molar-refractivity contribution is 5.82. The SMILES string of the molecule is COc1ccc(CCC(=O)NC2CC(=O)N(C(C)(C)C)C2)cc1. The normalized spacial score (nSPS) is 18.2. The second-order valence-electron chi connectivity index (χ2n) is 6.99. The van der Waals surface area contributed by atoms with Crippen LogP contribution in [0.5, 0.6) is 5.75 Å². The molecule has 1 saturated heterocycles. The Labute approximate surface area is 138 Å². The molecule has 1 unspecified atom stereocenters. The van der Waals surface area contributed by atoms with Gasteiger partial charge in [-0.3, -0.25) is 9.59 Å². The van der Waals surface area contributed by atoms with Gasteiger partial charge in [0.15, 0.2) is 0 Å². The third-order valence-corrected chi connectivity index (χ3v) is 4.10. The molecule has 1 aromatic rings. The molecule has 1 aliphatic heterocycles. The van der Waals surface area contributed by atoms with Crippen LogP contribution in [-0.4, -0.2) is 41.9 Å². The zero-order valence-corrected chi connectivity index (χ0v) is 14.4. The van der Waals surface area contributed by atoms with Gasteiger partial charge in [-0.05, 0) is 44.9 Å². The Morgan fingerprint density at radius 3 is 2.48 bits per heavy atom. The van der Waals surface area contributed by atoms with E-state index in [1.165, 1.54) is 0 Å². The van der Waals surface area contributed by atoms with E-state index in [0.29, 0.717) is 25.8 Å². The Morgan fingerprint density at radius 1 is 1.30 bits per heavy atom. The lowest BCUT2D eigenvalue weighted by Crippen LogP contribution is -2.44. The molecule has 1 aromatic carbocycles. The van der Waals surface area contributed by atoms with E-state index in [-0.39, 0.29) is 23.4 Å². The van der Waals surface area contributed by atoms with Crippen LogP contribution in [-0.2, 0) is 16.0 Å². The van der Waals surface area contributed by atoms with Crippen molar-refractivity contribution in [3.05, 3.63) is 29.8 Å². The van der Waals surface area contributed by atoms with Crippen molar-refractivity contribution in [1.29, 1.82) is 0 Å². The van der Waals surface area contributed by atoms with Crippen LogP contribution in [0.1, 0.15) is 39.2 Å². The third kappa shape index (κ3) is 4.71. The summed E-state index contributed by atoms with van der Waals surface area (Å²) in [5, 5.41) is 2.98. The number of hydrogen-bond donors (Lipinski definition) is 1. The summed E-state index contributed by atoms with van der Waals surface area (Å²) in [5.74, 6) is 0.914. The minimum atomic E-state index is -0.195. The van der Waals surface area contributed by atoms with Crippen LogP contribution in [0.4, 0.5) is 0 Å². The molecule has 1 atom stereocenters. The van der Waals surface area contributed by atoms with Gasteiger partial charge in [-0.25, -0.2) is 0 Å². The first-order valence-electron chi connectivity index (χ1n) is 8.02. The largest absolute Gasteiger partial charge is 0.497 e. The quantitative estimate of drug-likeness (QED) is 0.905. The summed E-state index contributed by atoms with van der Waals surface area (Å²) in [6, 6.07) is 7.64. The number of methoxy groups -OCH3 is 1. The van der Waals surface area contributed by atoms with Gasteiger partial charge in [0.1, 0.15) is 5.75 Å². The zero-order valence-electron chi connectivity index (χ0n) is 14.4. The van der Waals surface area contributed by atoms with Gasteiger partial charge in [-0.2, -0.15) is 0 Å². The van der Waals surface area contributed by atoms with E-state index in [1.54, 1.807) is 7.11 Å². The lowest BCUT2D eigenvalue weighted by atomic mass is 10.1. The summed E-state index contributed by atoms with van der Waals surface area (Å²) < 4.78 is 5.12. The van der Waals surface area contributed by atoms with E-state index >= 15 is 0 Å². The smallest absolute Gasteiger partial charge is 0.225 e. The minimum Gasteiger partial charge on any atom is -0.497 e. The van der Waals surface area contributed by atoms with Crippen LogP contribution < -0.4 is 10.1 Å². The summed E-state index contributed by atoms with van der Waals surface area (Å²) >= 11 is 0. The molecule has 0 spiro atoms. The first kappa shape index (κ1) is 17.3. The van der Waals surface area contributed by atoms with Crippen molar-refractivity contribution >= 4 is 11.8 Å². The Morgan fingerprint density at radius 2 is 1.96 bits per heavy atom. The molecule has 0 bridgehead atoms. The molecular weight excluding hydrogens is 292 g/mol. The number of carbonyl (C=O) groups excluding carboxylic acids is 2. The number of aryl methyl sites for hydroxylation is 1. The molecule has 0 saturated carbocycles. The topological polar surface area (TPSA) is 58.6 Å². The van der Waals surface area contributed by atoms with Gasteiger partial charge in [-0.1, -0.05) is 12.1 Å². The summed E-state index contributed by atoms with van der Waals surface area (Å²) in [4.78, 5) is 25.9. The second kappa shape index (κ2) is 7.02. The molecule has 5 heteroatoms. The van der Waals surface area contributed by atoms with Gasteiger partial charge in [0, 0.05) is 24.9 Å². The van der Waals surface area contributed by atoms with Crippen LogP contribution in [0, 0.1) is 0 Å². The fourth-order valence-electron chi connectivity index (χ4n) is 2.80. The van der Waals surface area contributed by atoms with Gasteiger partial charge >= 0.3 is 0 Å².